The van der Waals surface area contributed by atoms with Gasteiger partial charge in [-0.1, -0.05) is 37.1 Å². The van der Waals surface area contributed by atoms with Gasteiger partial charge in [-0.2, -0.15) is 0 Å². The number of benzene rings is 1. The van der Waals surface area contributed by atoms with E-state index < -0.39 is 0 Å². The van der Waals surface area contributed by atoms with Gasteiger partial charge in [0, 0.05) is 24.3 Å². The summed E-state index contributed by atoms with van der Waals surface area (Å²) in [6.07, 6.45) is 6.30. The van der Waals surface area contributed by atoms with Crippen molar-refractivity contribution in [3.63, 3.8) is 0 Å². The number of thioether (sulfide) groups is 1. The maximum Gasteiger partial charge on any atom is 0.221 e. The van der Waals surface area contributed by atoms with Crippen LogP contribution in [0.5, 0.6) is 11.5 Å². The van der Waals surface area contributed by atoms with Gasteiger partial charge < -0.3 is 20.6 Å². The molecule has 0 saturated heterocycles. The fourth-order valence-corrected chi connectivity index (χ4v) is 3.94. The van der Waals surface area contributed by atoms with Crippen molar-refractivity contribution >= 4 is 17.7 Å². The number of nitrogens with two attached hydrogens (primary N) is 1. The molecule has 0 aliphatic heterocycles. The van der Waals surface area contributed by atoms with Gasteiger partial charge in [-0.3, -0.25) is 4.79 Å². The number of carbonyl (C=O) groups is 1. The van der Waals surface area contributed by atoms with Gasteiger partial charge in [0.05, 0.1) is 7.11 Å². The van der Waals surface area contributed by atoms with Crippen molar-refractivity contribution in [2.75, 3.05) is 18.7 Å². The van der Waals surface area contributed by atoms with Crippen LogP contribution in [-0.4, -0.2) is 39.7 Å². The van der Waals surface area contributed by atoms with Crippen LogP contribution in [0.3, 0.4) is 0 Å². The molecule has 9 heteroatoms. The fourth-order valence-electron chi connectivity index (χ4n) is 3.12. The van der Waals surface area contributed by atoms with E-state index in [9.17, 15) is 4.79 Å². The Morgan fingerprint density at radius 2 is 2.07 bits per heavy atom. The van der Waals surface area contributed by atoms with Gasteiger partial charge in [0.15, 0.2) is 5.82 Å². The first-order valence-electron chi connectivity index (χ1n) is 9.54. The average Bonchev–Trinajstić information content (AvgIpc) is 3.07. The molecule has 0 spiro atoms. The van der Waals surface area contributed by atoms with E-state index in [1.807, 2.05) is 18.2 Å². The number of aromatic nitrogens is 3. The minimum absolute atomic E-state index is 0.0871. The molecule has 1 fully saturated rings. The first-order valence-corrected chi connectivity index (χ1v) is 10.5. The standard InChI is InChI=1S/C19H27N5O3S/c1-26-15-8-5-9-16(12-15)27-13-17-22-23-19(24(17)20)28-11-10-18(25)21-14-6-3-2-4-7-14/h5,8-9,12,14H,2-4,6-7,10-11,13,20H2,1H3,(H,21,25). The molecule has 1 aromatic carbocycles. The molecule has 0 bridgehead atoms. The molecule has 3 rings (SSSR count). The van der Waals surface area contributed by atoms with E-state index in [0.717, 1.165) is 18.6 Å². The van der Waals surface area contributed by atoms with Gasteiger partial charge in [0.25, 0.3) is 0 Å². The summed E-state index contributed by atoms with van der Waals surface area (Å²) in [5.74, 6) is 8.64. The van der Waals surface area contributed by atoms with Crippen LogP contribution in [0.15, 0.2) is 29.4 Å². The van der Waals surface area contributed by atoms with Crippen LogP contribution in [0.2, 0.25) is 0 Å². The minimum Gasteiger partial charge on any atom is -0.497 e. The number of hydrogen-bond acceptors (Lipinski definition) is 7. The lowest BCUT2D eigenvalue weighted by Gasteiger charge is -2.22. The Labute approximate surface area is 169 Å². The molecule has 1 saturated carbocycles. The number of rotatable bonds is 9. The summed E-state index contributed by atoms with van der Waals surface area (Å²) in [4.78, 5) is 12.1. The Hall–Kier alpha value is -2.42. The van der Waals surface area contributed by atoms with Gasteiger partial charge in [0.1, 0.15) is 18.1 Å². The highest BCUT2D eigenvalue weighted by molar-refractivity contribution is 7.99. The monoisotopic (exact) mass is 405 g/mol. The first kappa shape index (κ1) is 20.3. The van der Waals surface area contributed by atoms with Crippen LogP contribution in [0, 0.1) is 0 Å². The zero-order chi connectivity index (χ0) is 19.8. The summed E-state index contributed by atoms with van der Waals surface area (Å²) in [7, 11) is 1.61. The normalized spacial score (nSPS) is 14.6. The van der Waals surface area contributed by atoms with E-state index in [1.165, 1.54) is 35.7 Å². The highest BCUT2D eigenvalue weighted by Crippen LogP contribution is 2.21. The topological polar surface area (TPSA) is 104 Å². The number of amides is 1. The molecule has 1 heterocycles. The molecule has 2 aromatic rings. The third-order valence-electron chi connectivity index (χ3n) is 4.67. The third kappa shape index (κ3) is 5.79. The Morgan fingerprint density at radius 1 is 1.29 bits per heavy atom. The second-order valence-corrected chi connectivity index (χ2v) is 7.80. The number of nitrogen functional groups attached to an aromatic ring is 1. The summed E-state index contributed by atoms with van der Waals surface area (Å²) in [5.41, 5.74) is 0. The summed E-state index contributed by atoms with van der Waals surface area (Å²) >= 11 is 1.41. The van der Waals surface area contributed by atoms with Gasteiger partial charge in [-0.05, 0) is 25.0 Å². The summed E-state index contributed by atoms with van der Waals surface area (Å²) < 4.78 is 12.3. The Bertz CT molecular complexity index is 777. The zero-order valence-electron chi connectivity index (χ0n) is 16.1. The third-order valence-corrected chi connectivity index (χ3v) is 5.62. The lowest BCUT2D eigenvalue weighted by Crippen LogP contribution is -2.36. The summed E-state index contributed by atoms with van der Waals surface area (Å²) in [5, 5.41) is 11.8. The van der Waals surface area contributed by atoms with E-state index >= 15 is 0 Å². The SMILES string of the molecule is COc1cccc(OCc2nnc(SCCC(=O)NC3CCCCC3)n2N)c1. The number of carbonyl (C=O) groups excluding carboxylic acids is 1. The van der Waals surface area contributed by atoms with Gasteiger partial charge >= 0.3 is 0 Å². The van der Waals surface area contributed by atoms with E-state index in [2.05, 4.69) is 15.5 Å². The van der Waals surface area contributed by atoms with Gasteiger partial charge in [-0.25, -0.2) is 4.68 Å². The molecular formula is C19H27N5O3S. The van der Waals surface area contributed by atoms with Crippen molar-refractivity contribution in [2.24, 2.45) is 0 Å². The molecule has 1 aromatic heterocycles. The van der Waals surface area contributed by atoms with Crippen LogP contribution in [0.4, 0.5) is 0 Å². The van der Waals surface area contributed by atoms with Gasteiger partial charge in [-0.15, -0.1) is 10.2 Å². The molecule has 3 N–H and O–H groups in total. The maximum atomic E-state index is 12.1. The number of ether oxygens (including phenoxy) is 2. The molecule has 0 unspecified atom stereocenters. The Morgan fingerprint density at radius 3 is 2.86 bits per heavy atom. The summed E-state index contributed by atoms with van der Waals surface area (Å²) in [6, 6.07) is 7.65. The molecule has 0 radical (unpaired) electrons. The maximum absolute atomic E-state index is 12.1. The summed E-state index contributed by atoms with van der Waals surface area (Å²) in [6.45, 7) is 0.194. The molecule has 1 aliphatic carbocycles. The van der Waals surface area contributed by atoms with Crippen LogP contribution in [0.25, 0.3) is 0 Å². The van der Waals surface area contributed by atoms with E-state index in [1.54, 1.807) is 13.2 Å². The number of nitrogens with one attached hydrogen (secondary N) is 1. The van der Waals surface area contributed by atoms with Crippen LogP contribution < -0.4 is 20.6 Å². The molecule has 1 amide bonds. The van der Waals surface area contributed by atoms with Crippen molar-refractivity contribution in [3.8, 4) is 11.5 Å². The van der Waals surface area contributed by atoms with Crippen molar-refractivity contribution < 1.29 is 14.3 Å². The highest BCUT2D eigenvalue weighted by atomic mass is 32.2. The minimum atomic E-state index is 0.0871. The Balaban J connectivity index is 1.43. The van der Waals surface area contributed by atoms with Crippen LogP contribution in [0.1, 0.15) is 44.3 Å². The van der Waals surface area contributed by atoms with Crippen molar-refractivity contribution in [1.82, 2.24) is 20.2 Å². The lowest BCUT2D eigenvalue weighted by molar-refractivity contribution is -0.121. The predicted octanol–water partition coefficient (Wildman–Crippen LogP) is 2.51. The quantitative estimate of drug-likeness (QED) is 0.488. The fraction of sp³-hybridized carbons (Fsp3) is 0.526. The lowest BCUT2D eigenvalue weighted by atomic mass is 9.95. The van der Waals surface area contributed by atoms with E-state index in [-0.39, 0.29) is 12.5 Å². The molecule has 152 valence electrons. The number of hydrogen-bond donors (Lipinski definition) is 2. The van der Waals surface area contributed by atoms with Crippen molar-refractivity contribution in [3.05, 3.63) is 30.1 Å². The number of methoxy groups -OCH3 is 1. The molecule has 0 atom stereocenters. The molecule has 8 nitrogen and oxygen atoms in total. The smallest absolute Gasteiger partial charge is 0.221 e. The van der Waals surface area contributed by atoms with Gasteiger partial charge in [0.2, 0.25) is 11.1 Å². The molecule has 28 heavy (non-hydrogen) atoms. The van der Waals surface area contributed by atoms with Crippen molar-refractivity contribution in [2.45, 2.75) is 56.3 Å². The highest BCUT2D eigenvalue weighted by Gasteiger charge is 2.16. The van der Waals surface area contributed by atoms with Crippen molar-refractivity contribution in [1.29, 1.82) is 0 Å². The predicted molar refractivity (Wildman–Crippen MR) is 108 cm³/mol. The van der Waals surface area contributed by atoms with Crippen LogP contribution >= 0.6 is 11.8 Å². The molecule has 1 aliphatic rings. The second-order valence-electron chi connectivity index (χ2n) is 6.74. The van der Waals surface area contributed by atoms with Crippen LogP contribution in [-0.2, 0) is 11.4 Å². The second kappa shape index (κ2) is 10.2. The number of nitrogens with zero attached hydrogens (tertiary/aromatic N) is 3. The largest absolute Gasteiger partial charge is 0.497 e. The zero-order valence-corrected chi connectivity index (χ0v) is 16.9. The first-order chi connectivity index (χ1) is 13.7. The Kier molecular flexibility index (Phi) is 7.41. The van der Waals surface area contributed by atoms with E-state index in [0.29, 0.717) is 34.9 Å². The molecular weight excluding hydrogens is 378 g/mol. The average molecular weight is 406 g/mol. The van der Waals surface area contributed by atoms with E-state index in [4.69, 9.17) is 15.3 Å².